The summed E-state index contributed by atoms with van der Waals surface area (Å²) in [5.41, 5.74) is 0. The number of carbonyl (C=O) groups is 1. The molecule has 1 aliphatic heterocycles. The van der Waals surface area contributed by atoms with Crippen LogP contribution in [0.4, 0.5) is 4.39 Å². The molecule has 23 heavy (non-hydrogen) atoms. The molecule has 4 nitrogen and oxygen atoms in total. The topological polar surface area (TPSA) is 38.1 Å². The van der Waals surface area contributed by atoms with E-state index in [4.69, 9.17) is 0 Å². The van der Waals surface area contributed by atoms with Gasteiger partial charge >= 0.3 is 0 Å². The molecule has 3 aromatic rings. The molecule has 1 amide bonds. The molecule has 0 saturated carbocycles. The molecule has 2 aromatic heterocycles. The summed E-state index contributed by atoms with van der Waals surface area (Å²) in [5, 5.41) is 5.08. The van der Waals surface area contributed by atoms with Gasteiger partial charge in [-0.05, 0) is 48.6 Å². The SMILES string of the molecule is O=C(c1cc2cc(F)ccc2s1)N1CCC[C@@H](n2cccn2)C1. The monoisotopic (exact) mass is 329 g/mol. The minimum atomic E-state index is -0.272. The highest BCUT2D eigenvalue weighted by molar-refractivity contribution is 7.20. The smallest absolute Gasteiger partial charge is 0.264 e. The Kier molecular flexibility index (Phi) is 3.61. The largest absolute Gasteiger partial charge is 0.336 e. The van der Waals surface area contributed by atoms with Gasteiger partial charge in [-0.15, -0.1) is 11.3 Å². The number of carbonyl (C=O) groups excluding carboxylic acids is 1. The second-order valence-electron chi connectivity index (χ2n) is 5.83. The van der Waals surface area contributed by atoms with Gasteiger partial charge in [0.05, 0.1) is 10.9 Å². The third-order valence-electron chi connectivity index (χ3n) is 4.27. The lowest BCUT2D eigenvalue weighted by molar-refractivity contribution is 0.0678. The number of nitrogens with zero attached hydrogens (tertiary/aromatic N) is 3. The summed E-state index contributed by atoms with van der Waals surface area (Å²) in [7, 11) is 0. The predicted octanol–water partition coefficient (Wildman–Crippen LogP) is 3.71. The molecule has 1 aliphatic rings. The van der Waals surface area contributed by atoms with E-state index < -0.39 is 0 Å². The van der Waals surface area contributed by atoms with Crippen molar-refractivity contribution in [2.75, 3.05) is 13.1 Å². The molecule has 0 bridgehead atoms. The van der Waals surface area contributed by atoms with Crippen molar-refractivity contribution in [3.63, 3.8) is 0 Å². The zero-order valence-corrected chi connectivity index (χ0v) is 13.3. The number of thiophene rings is 1. The van der Waals surface area contributed by atoms with Crippen molar-refractivity contribution in [2.24, 2.45) is 0 Å². The van der Waals surface area contributed by atoms with E-state index >= 15 is 0 Å². The summed E-state index contributed by atoms with van der Waals surface area (Å²) in [5.74, 6) is -0.241. The van der Waals surface area contributed by atoms with Crippen LogP contribution < -0.4 is 0 Å². The Morgan fingerprint density at radius 1 is 1.35 bits per heavy atom. The predicted molar refractivity (Wildman–Crippen MR) is 88.2 cm³/mol. The first-order valence-electron chi connectivity index (χ1n) is 7.68. The van der Waals surface area contributed by atoms with Gasteiger partial charge in [-0.2, -0.15) is 5.10 Å². The quantitative estimate of drug-likeness (QED) is 0.719. The maximum atomic E-state index is 13.3. The third kappa shape index (κ3) is 2.74. The summed E-state index contributed by atoms with van der Waals surface area (Å²) in [4.78, 5) is 15.3. The van der Waals surface area contributed by atoms with Crippen molar-refractivity contribution in [1.29, 1.82) is 0 Å². The van der Waals surface area contributed by atoms with E-state index in [-0.39, 0.29) is 17.8 Å². The molecule has 0 radical (unpaired) electrons. The molecule has 1 aromatic carbocycles. The van der Waals surface area contributed by atoms with Gasteiger partial charge in [-0.1, -0.05) is 0 Å². The molecule has 118 valence electrons. The van der Waals surface area contributed by atoms with E-state index in [0.29, 0.717) is 11.4 Å². The van der Waals surface area contributed by atoms with Crippen LogP contribution in [0.1, 0.15) is 28.6 Å². The lowest BCUT2D eigenvalue weighted by atomic mass is 10.1. The van der Waals surface area contributed by atoms with Crippen molar-refractivity contribution >= 4 is 27.3 Å². The fourth-order valence-electron chi connectivity index (χ4n) is 3.13. The molecule has 1 fully saturated rings. The summed E-state index contributed by atoms with van der Waals surface area (Å²) in [6, 6.07) is 8.57. The van der Waals surface area contributed by atoms with Gasteiger partial charge < -0.3 is 4.90 Å². The van der Waals surface area contributed by atoms with Crippen LogP contribution in [0, 0.1) is 5.82 Å². The molecule has 0 unspecified atom stereocenters. The lowest BCUT2D eigenvalue weighted by Crippen LogP contribution is -2.40. The number of aromatic nitrogens is 2. The Hall–Kier alpha value is -2.21. The first-order chi connectivity index (χ1) is 11.2. The minimum absolute atomic E-state index is 0.0310. The molecule has 0 spiro atoms. The fourth-order valence-corrected chi connectivity index (χ4v) is 4.14. The van der Waals surface area contributed by atoms with E-state index in [1.807, 2.05) is 21.8 Å². The van der Waals surface area contributed by atoms with Crippen molar-refractivity contribution < 1.29 is 9.18 Å². The number of hydrogen-bond acceptors (Lipinski definition) is 3. The number of amides is 1. The van der Waals surface area contributed by atoms with E-state index in [0.717, 1.165) is 29.5 Å². The van der Waals surface area contributed by atoms with E-state index in [2.05, 4.69) is 5.10 Å². The summed E-state index contributed by atoms with van der Waals surface area (Å²) in [6.07, 6.45) is 5.71. The lowest BCUT2D eigenvalue weighted by Gasteiger charge is -2.32. The zero-order chi connectivity index (χ0) is 15.8. The molecular weight excluding hydrogens is 313 g/mol. The van der Waals surface area contributed by atoms with Crippen LogP contribution in [-0.2, 0) is 0 Å². The molecule has 3 heterocycles. The number of halogens is 1. The molecule has 0 N–H and O–H groups in total. The number of likely N-dealkylation sites (tertiary alicyclic amines) is 1. The van der Waals surface area contributed by atoms with Crippen LogP contribution >= 0.6 is 11.3 Å². The van der Waals surface area contributed by atoms with Crippen LogP contribution in [0.3, 0.4) is 0 Å². The molecular formula is C17H16FN3OS. The molecule has 6 heteroatoms. The van der Waals surface area contributed by atoms with E-state index in [9.17, 15) is 9.18 Å². The minimum Gasteiger partial charge on any atom is -0.336 e. The Balaban J connectivity index is 1.57. The maximum Gasteiger partial charge on any atom is 0.264 e. The van der Waals surface area contributed by atoms with Crippen LogP contribution in [-0.4, -0.2) is 33.7 Å². The van der Waals surface area contributed by atoms with Crippen molar-refractivity contribution in [3.05, 3.63) is 53.4 Å². The molecule has 0 aliphatic carbocycles. The Bertz CT molecular complexity index is 843. The van der Waals surface area contributed by atoms with Crippen LogP contribution in [0.15, 0.2) is 42.7 Å². The zero-order valence-electron chi connectivity index (χ0n) is 12.5. The molecule has 1 saturated heterocycles. The van der Waals surface area contributed by atoms with Crippen molar-refractivity contribution in [3.8, 4) is 0 Å². The number of benzene rings is 1. The van der Waals surface area contributed by atoms with Gasteiger partial charge in [-0.3, -0.25) is 9.48 Å². The average molecular weight is 329 g/mol. The van der Waals surface area contributed by atoms with Crippen LogP contribution in [0.2, 0.25) is 0 Å². The van der Waals surface area contributed by atoms with Gasteiger partial charge in [0, 0.05) is 30.2 Å². The van der Waals surface area contributed by atoms with E-state index in [1.54, 1.807) is 18.3 Å². The van der Waals surface area contributed by atoms with Gasteiger partial charge in [0.1, 0.15) is 5.82 Å². The Morgan fingerprint density at radius 3 is 3.09 bits per heavy atom. The van der Waals surface area contributed by atoms with Gasteiger partial charge in [-0.25, -0.2) is 4.39 Å². The van der Waals surface area contributed by atoms with Crippen LogP contribution in [0.25, 0.3) is 10.1 Å². The Morgan fingerprint density at radius 2 is 2.26 bits per heavy atom. The van der Waals surface area contributed by atoms with Gasteiger partial charge in [0.15, 0.2) is 0 Å². The highest BCUT2D eigenvalue weighted by Crippen LogP contribution is 2.29. The van der Waals surface area contributed by atoms with Crippen molar-refractivity contribution in [1.82, 2.24) is 14.7 Å². The summed E-state index contributed by atoms with van der Waals surface area (Å²) < 4.78 is 16.2. The first kappa shape index (κ1) is 14.4. The summed E-state index contributed by atoms with van der Waals surface area (Å²) >= 11 is 1.43. The highest BCUT2D eigenvalue weighted by Gasteiger charge is 2.26. The van der Waals surface area contributed by atoms with Crippen LogP contribution in [0.5, 0.6) is 0 Å². The van der Waals surface area contributed by atoms with Crippen molar-refractivity contribution in [2.45, 2.75) is 18.9 Å². The first-order valence-corrected chi connectivity index (χ1v) is 8.50. The normalized spacial score (nSPS) is 18.5. The fraction of sp³-hybridized carbons (Fsp3) is 0.294. The maximum absolute atomic E-state index is 13.3. The second kappa shape index (κ2) is 5.77. The number of hydrogen-bond donors (Lipinski definition) is 0. The summed E-state index contributed by atoms with van der Waals surface area (Å²) in [6.45, 7) is 1.43. The average Bonchev–Trinajstić information content (AvgIpc) is 3.23. The molecule has 4 rings (SSSR count). The number of piperidine rings is 1. The highest BCUT2D eigenvalue weighted by atomic mass is 32.1. The third-order valence-corrected chi connectivity index (χ3v) is 5.38. The van der Waals surface area contributed by atoms with E-state index in [1.165, 1.54) is 23.5 Å². The van der Waals surface area contributed by atoms with Gasteiger partial charge in [0.25, 0.3) is 5.91 Å². The molecule has 1 atom stereocenters. The second-order valence-corrected chi connectivity index (χ2v) is 6.91. The standard InChI is InChI=1S/C17H16FN3OS/c18-13-4-5-15-12(9-13)10-16(23-15)17(22)20-7-1-3-14(11-20)21-8-2-6-19-21/h2,4-6,8-10,14H,1,3,7,11H2/t14-/m1/s1. The number of fused-ring (bicyclic) bond motifs is 1. The Labute approximate surface area is 137 Å². The number of rotatable bonds is 2. The van der Waals surface area contributed by atoms with Gasteiger partial charge in [0.2, 0.25) is 0 Å².